The monoisotopic (exact) mass is 353 g/mol. The molecule has 0 saturated heterocycles. The van der Waals surface area contributed by atoms with Crippen molar-refractivity contribution in [3.63, 3.8) is 0 Å². The van der Waals surface area contributed by atoms with Gasteiger partial charge in [0.1, 0.15) is 0 Å². The van der Waals surface area contributed by atoms with Gasteiger partial charge in [-0.1, -0.05) is 51.0 Å². The Bertz CT molecular complexity index is 744. The number of urea groups is 1. The standard InChI is InChI=1S/C21H27N3O2/c1-4-8-15(2)13-20(25)24-19-14-18(12-11-16(19)3)23-21(26)22-17-9-6-5-7-10-17/h5-7,9-12,14-15H,4,8,13H2,1-3H3,(H,24,25)(H2,22,23,26). The SMILES string of the molecule is CCCC(C)CC(=O)Nc1cc(NC(=O)Nc2ccccc2)ccc1C. The van der Waals surface area contributed by atoms with Crippen LogP contribution in [-0.4, -0.2) is 11.9 Å². The van der Waals surface area contributed by atoms with Crippen molar-refractivity contribution >= 4 is 29.0 Å². The van der Waals surface area contributed by atoms with Crippen LogP contribution < -0.4 is 16.0 Å². The number of rotatable bonds is 7. The number of para-hydroxylation sites is 1. The Labute approximate surface area is 155 Å². The lowest BCUT2D eigenvalue weighted by Gasteiger charge is -2.14. The Balaban J connectivity index is 1.97. The molecule has 138 valence electrons. The predicted octanol–water partition coefficient (Wildman–Crippen LogP) is 5.40. The number of aryl methyl sites for hydroxylation is 1. The fraction of sp³-hybridized carbons (Fsp3) is 0.333. The summed E-state index contributed by atoms with van der Waals surface area (Å²) in [6.07, 6.45) is 2.61. The molecule has 0 saturated carbocycles. The molecule has 2 aromatic rings. The smallest absolute Gasteiger partial charge is 0.323 e. The van der Waals surface area contributed by atoms with E-state index in [1.165, 1.54) is 0 Å². The van der Waals surface area contributed by atoms with Gasteiger partial charge in [0.25, 0.3) is 0 Å². The first-order valence-electron chi connectivity index (χ1n) is 9.01. The molecule has 0 fully saturated rings. The number of carbonyl (C=O) groups excluding carboxylic acids is 2. The van der Waals surface area contributed by atoms with Crippen molar-refractivity contribution in [1.82, 2.24) is 0 Å². The molecule has 0 aliphatic carbocycles. The summed E-state index contributed by atoms with van der Waals surface area (Å²) in [6.45, 7) is 6.13. The van der Waals surface area contributed by atoms with Gasteiger partial charge in [-0.25, -0.2) is 4.79 Å². The van der Waals surface area contributed by atoms with Crippen LogP contribution in [0.5, 0.6) is 0 Å². The second-order valence-corrected chi connectivity index (χ2v) is 6.62. The van der Waals surface area contributed by atoms with Crippen LogP contribution in [0.15, 0.2) is 48.5 Å². The molecule has 26 heavy (non-hydrogen) atoms. The Hall–Kier alpha value is -2.82. The molecular weight excluding hydrogens is 326 g/mol. The number of carbonyl (C=O) groups is 2. The second-order valence-electron chi connectivity index (χ2n) is 6.62. The topological polar surface area (TPSA) is 70.2 Å². The minimum absolute atomic E-state index is 0.0000583. The Morgan fingerprint density at radius 2 is 1.65 bits per heavy atom. The number of anilines is 3. The summed E-state index contributed by atoms with van der Waals surface area (Å²) in [5, 5.41) is 8.51. The van der Waals surface area contributed by atoms with E-state index >= 15 is 0 Å². The molecule has 2 rings (SSSR count). The van der Waals surface area contributed by atoms with Crippen molar-refractivity contribution in [3.8, 4) is 0 Å². The first-order chi connectivity index (χ1) is 12.5. The van der Waals surface area contributed by atoms with Crippen molar-refractivity contribution in [3.05, 3.63) is 54.1 Å². The maximum absolute atomic E-state index is 12.2. The molecule has 0 aliphatic heterocycles. The number of benzene rings is 2. The molecule has 0 spiro atoms. The minimum atomic E-state index is -0.325. The van der Waals surface area contributed by atoms with Crippen molar-refractivity contribution < 1.29 is 9.59 Å². The van der Waals surface area contributed by atoms with Gasteiger partial charge >= 0.3 is 6.03 Å². The molecule has 5 nitrogen and oxygen atoms in total. The van der Waals surface area contributed by atoms with E-state index in [-0.39, 0.29) is 11.9 Å². The Morgan fingerprint density at radius 3 is 2.35 bits per heavy atom. The van der Waals surface area contributed by atoms with Crippen molar-refractivity contribution in [1.29, 1.82) is 0 Å². The molecule has 0 heterocycles. The highest BCUT2D eigenvalue weighted by Crippen LogP contribution is 2.22. The van der Waals surface area contributed by atoms with Gasteiger partial charge in [-0.3, -0.25) is 4.79 Å². The summed E-state index contributed by atoms with van der Waals surface area (Å²) in [5.41, 5.74) is 3.02. The molecule has 3 N–H and O–H groups in total. The van der Waals surface area contributed by atoms with E-state index in [9.17, 15) is 9.59 Å². The third-order valence-electron chi connectivity index (χ3n) is 4.12. The first kappa shape index (κ1) is 19.5. The number of nitrogens with one attached hydrogen (secondary N) is 3. The molecule has 0 radical (unpaired) electrons. The molecule has 3 amide bonds. The molecule has 1 unspecified atom stereocenters. The number of hydrogen-bond donors (Lipinski definition) is 3. The van der Waals surface area contributed by atoms with E-state index in [1.54, 1.807) is 6.07 Å². The van der Waals surface area contributed by atoms with Crippen molar-refractivity contribution in [2.75, 3.05) is 16.0 Å². The maximum atomic E-state index is 12.2. The minimum Gasteiger partial charge on any atom is -0.326 e. The lowest BCUT2D eigenvalue weighted by molar-refractivity contribution is -0.117. The quantitative estimate of drug-likeness (QED) is 0.623. The summed E-state index contributed by atoms with van der Waals surface area (Å²) in [6, 6.07) is 14.4. The van der Waals surface area contributed by atoms with Crippen LogP contribution in [0.1, 0.15) is 38.7 Å². The van der Waals surface area contributed by atoms with Gasteiger partial charge in [0.05, 0.1) is 0 Å². The van der Waals surface area contributed by atoms with Crippen LogP contribution >= 0.6 is 0 Å². The molecule has 1 atom stereocenters. The summed E-state index contributed by atoms with van der Waals surface area (Å²) < 4.78 is 0. The zero-order chi connectivity index (χ0) is 18.9. The number of amides is 3. The molecule has 2 aromatic carbocycles. The summed E-state index contributed by atoms with van der Waals surface area (Å²) in [5.74, 6) is 0.359. The molecule has 0 aromatic heterocycles. The average molecular weight is 353 g/mol. The maximum Gasteiger partial charge on any atom is 0.323 e. The molecular formula is C21H27N3O2. The highest BCUT2D eigenvalue weighted by molar-refractivity contribution is 6.00. The predicted molar refractivity (Wildman–Crippen MR) is 108 cm³/mol. The molecule has 5 heteroatoms. The average Bonchev–Trinajstić information content (AvgIpc) is 2.58. The highest BCUT2D eigenvalue weighted by atomic mass is 16.2. The number of hydrogen-bond acceptors (Lipinski definition) is 2. The normalized spacial score (nSPS) is 11.5. The van der Waals surface area contributed by atoms with Crippen LogP contribution in [0.25, 0.3) is 0 Å². The van der Waals surface area contributed by atoms with E-state index < -0.39 is 0 Å². The Morgan fingerprint density at radius 1 is 0.962 bits per heavy atom. The largest absolute Gasteiger partial charge is 0.326 e. The third kappa shape index (κ3) is 6.24. The third-order valence-corrected chi connectivity index (χ3v) is 4.12. The van der Waals surface area contributed by atoms with Crippen LogP contribution in [0, 0.1) is 12.8 Å². The zero-order valence-corrected chi connectivity index (χ0v) is 15.6. The van der Waals surface area contributed by atoms with Crippen LogP contribution in [-0.2, 0) is 4.79 Å². The van der Waals surface area contributed by atoms with E-state index in [4.69, 9.17) is 0 Å². The summed E-state index contributed by atoms with van der Waals surface area (Å²) in [7, 11) is 0. The van der Waals surface area contributed by atoms with Crippen molar-refractivity contribution in [2.45, 2.75) is 40.0 Å². The van der Waals surface area contributed by atoms with Crippen LogP contribution in [0.3, 0.4) is 0 Å². The van der Waals surface area contributed by atoms with Gasteiger partial charge in [-0.15, -0.1) is 0 Å². The van der Waals surface area contributed by atoms with E-state index in [0.717, 1.165) is 29.8 Å². The second kappa shape index (κ2) is 9.61. The van der Waals surface area contributed by atoms with E-state index in [1.807, 2.05) is 49.4 Å². The van der Waals surface area contributed by atoms with Gasteiger partial charge in [-0.05, 0) is 42.7 Å². The molecule has 0 bridgehead atoms. The van der Waals surface area contributed by atoms with E-state index in [2.05, 4.69) is 29.8 Å². The fourth-order valence-corrected chi connectivity index (χ4v) is 2.76. The lowest BCUT2D eigenvalue weighted by atomic mass is 10.0. The van der Waals surface area contributed by atoms with Gasteiger partial charge in [0.2, 0.25) is 5.91 Å². The van der Waals surface area contributed by atoms with Gasteiger partial charge in [-0.2, -0.15) is 0 Å². The van der Waals surface area contributed by atoms with E-state index in [0.29, 0.717) is 18.0 Å². The van der Waals surface area contributed by atoms with Gasteiger partial charge < -0.3 is 16.0 Å². The highest BCUT2D eigenvalue weighted by Gasteiger charge is 2.11. The van der Waals surface area contributed by atoms with Gasteiger partial charge in [0.15, 0.2) is 0 Å². The first-order valence-corrected chi connectivity index (χ1v) is 9.01. The molecule has 0 aliphatic rings. The summed E-state index contributed by atoms with van der Waals surface area (Å²) in [4.78, 5) is 24.3. The fourth-order valence-electron chi connectivity index (χ4n) is 2.76. The van der Waals surface area contributed by atoms with Crippen LogP contribution in [0.4, 0.5) is 21.9 Å². The van der Waals surface area contributed by atoms with Crippen LogP contribution in [0.2, 0.25) is 0 Å². The van der Waals surface area contributed by atoms with Gasteiger partial charge in [0, 0.05) is 23.5 Å². The Kier molecular flexibility index (Phi) is 7.21. The lowest BCUT2D eigenvalue weighted by Crippen LogP contribution is -2.20. The van der Waals surface area contributed by atoms with Crippen molar-refractivity contribution in [2.24, 2.45) is 5.92 Å². The zero-order valence-electron chi connectivity index (χ0n) is 15.6. The summed E-state index contributed by atoms with van der Waals surface area (Å²) >= 11 is 0.